The highest BCUT2D eigenvalue weighted by Gasteiger charge is 2.06. The van der Waals surface area contributed by atoms with E-state index >= 15 is 0 Å². The van der Waals surface area contributed by atoms with Crippen molar-refractivity contribution in [3.05, 3.63) is 27.7 Å². The predicted octanol–water partition coefficient (Wildman–Crippen LogP) is 2.54. The van der Waals surface area contributed by atoms with E-state index in [0.29, 0.717) is 6.61 Å². The Morgan fingerprint density at radius 2 is 2.06 bits per heavy atom. The maximum absolute atomic E-state index is 5.51. The van der Waals surface area contributed by atoms with Crippen molar-refractivity contribution in [2.75, 3.05) is 33.9 Å². The summed E-state index contributed by atoms with van der Waals surface area (Å²) in [6, 6.07) is 4.16. The molecule has 0 atom stereocenters. The molecule has 17 heavy (non-hydrogen) atoms. The first-order valence-electron chi connectivity index (χ1n) is 5.74. The van der Waals surface area contributed by atoms with Crippen molar-refractivity contribution in [2.24, 2.45) is 0 Å². The minimum Gasteiger partial charge on any atom is -0.496 e. The summed E-state index contributed by atoms with van der Waals surface area (Å²) in [4.78, 5) is 0. The second kappa shape index (κ2) is 7.69. The second-order valence-electron chi connectivity index (χ2n) is 3.88. The fourth-order valence-corrected chi connectivity index (χ4v) is 1.93. The molecule has 0 radical (unpaired) electrons. The Labute approximate surface area is 112 Å². The highest BCUT2D eigenvalue weighted by molar-refractivity contribution is 9.10. The van der Waals surface area contributed by atoms with Crippen LogP contribution in [0, 0.1) is 6.92 Å². The fourth-order valence-electron chi connectivity index (χ4n) is 1.54. The van der Waals surface area contributed by atoms with E-state index in [1.807, 2.05) is 13.1 Å². The van der Waals surface area contributed by atoms with Crippen molar-refractivity contribution in [2.45, 2.75) is 13.3 Å². The number of methoxy groups -OCH3 is 1. The quantitative estimate of drug-likeness (QED) is 0.785. The molecule has 0 saturated carbocycles. The van der Waals surface area contributed by atoms with Crippen LogP contribution in [0.5, 0.6) is 5.75 Å². The standard InChI is InChI=1S/C13H20BrNO2/c1-10-8-13(16-3)11(9-12(10)14)4-6-17-7-5-15-2/h8-9,15H,4-7H2,1-3H3. The van der Waals surface area contributed by atoms with Gasteiger partial charge in [0.05, 0.1) is 20.3 Å². The molecule has 0 aliphatic heterocycles. The lowest BCUT2D eigenvalue weighted by atomic mass is 10.1. The molecule has 0 spiro atoms. The smallest absolute Gasteiger partial charge is 0.122 e. The summed E-state index contributed by atoms with van der Waals surface area (Å²) in [7, 11) is 3.62. The highest BCUT2D eigenvalue weighted by Crippen LogP contribution is 2.27. The third kappa shape index (κ3) is 4.66. The van der Waals surface area contributed by atoms with Gasteiger partial charge in [-0.1, -0.05) is 15.9 Å². The molecule has 1 rings (SSSR count). The van der Waals surface area contributed by atoms with Crippen LogP contribution in [-0.4, -0.2) is 33.9 Å². The normalized spacial score (nSPS) is 10.6. The van der Waals surface area contributed by atoms with E-state index in [-0.39, 0.29) is 0 Å². The SMILES string of the molecule is CNCCOCCc1cc(Br)c(C)cc1OC. The number of aryl methyl sites for hydroxylation is 1. The maximum atomic E-state index is 5.51. The molecular formula is C13H20BrNO2. The monoisotopic (exact) mass is 301 g/mol. The van der Waals surface area contributed by atoms with Gasteiger partial charge >= 0.3 is 0 Å². The van der Waals surface area contributed by atoms with Gasteiger partial charge in [-0.25, -0.2) is 0 Å². The van der Waals surface area contributed by atoms with E-state index in [9.17, 15) is 0 Å². The summed E-state index contributed by atoms with van der Waals surface area (Å²) < 4.78 is 12.0. The molecule has 0 aromatic heterocycles. The molecule has 0 bridgehead atoms. The van der Waals surface area contributed by atoms with E-state index in [0.717, 1.165) is 29.8 Å². The Morgan fingerprint density at radius 3 is 2.71 bits per heavy atom. The molecule has 0 unspecified atom stereocenters. The average Bonchev–Trinajstić information content (AvgIpc) is 2.33. The molecule has 0 amide bonds. The maximum Gasteiger partial charge on any atom is 0.122 e. The first-order valence-corrected chi connectivity index (χ1v) is 6.53. The third-order valence-corrected chi connectivity index (χ3v) is 3.43. The van der Waals surface area contributed by atoms with Crippen molar-refractivity contribution in [1.82, 2.24) is 5.32 Å². The second-order valence-corrected chi connectivity index (χ2v) is 4.73. The van der Waals surface area contributed by atoms with Gasteiger partial charge in [0.25, 0.3) is 0 Å². The van der Waals surface area contributed by atoms with Crippen LogP contribution in [0.1, 0.15) is 11.1 Å². The van der Waals surface area contributed by atoms with Gasteiger partial charge < -0.3 is 14.8 Å². The van der Waals surface area contributed by atoms with Crippen LogP contribution in [-0.2, 0) is 11.2 Å². The van der Waals surface area contributed by atoms with Gasteiger partial charge in [-0.05, 0) is 43.7 Å². The zero-order chi connectivity index (χ0) is 12.7. The van der Waals surface area contributed by atoms with Crippen LogP contribution in [0.25, 0.3) is 0 Å². The van der Waals surface area contributed by atoms with Crippen molar-refractivity contribution in [1.29, 1.82) is 0 Å². The van der Waals surface area contributed by atoms with Crippen molar-refractivity contribution in [3.63, 3.8) is 0 Å². The van der Waals surface area contributed by atoms with Crippen molar-refractivity contribution in [3.8, 4) is 5.75 Å². The average molecular weight is 302 g/mol. The molecule has 0 saturated heterocycles. The zero-order valence-corrected chi connectivity index (χ0v) is 12.3. The first-order chi connectivity index (χ1) is 8.19. The molecule has 0 aliphatic carbocycles. The number of benzene rings is 1. The third-order valence-electron chi connectivity index (χ3n) is 2.57. The Bertz CT molecular complexity index is 356. The van der Waals surface area contributed by atoms with Gasteiger partial charge in [-0.2, -0.15) is 0 Å². The molecule has 96 valence electrons. The van der Waals surface area contributed by atoms with Gasteiger partial charge in [0.1, 0.15) is 5.75 Å². The number of halogens is 1. The van der Waals surface area contributed by atoms with E-state index < -0.39 is 0 Å². The van der Waals surface area contributed by atoms with Gasteiger partial charge in [0.2, 0.25) is 0 Å². The van der Waals surface area contributed by atoms with Crippen molar-refractivity contribution >= 4 is 15.9 Å². The first kappa shape index (κ1) is 14.5. The van der Waals surface area contributed by atoms with Gasteiger partial charge in [-0.3, -0.25) is 0 Å². The summed E-state index contributed by atoms with van der Waals surface area (Å²) in [6.45, 7) is 4.40. The van der Waals surface area contributed by atoms with Crippen LogP contribution in [0.3, 0.4) is 0 Å². The summed E-state index contributed by atoms with van der Waals surface area (Å²) in [6.07, 6.45) is 0.867. The predicted molar refractivity (Wildman–Crippen MR) is 73.9 cm³/mol. The number of hydrogen-bond acceptors (Lipinski definition) is 3. The summed E-state index contributed by atoms with van der Waals surface area (Å²) in [5.74, 6) is 0.933. The summed E-state index contributed by atoms with van der Waals surface area (Å²) >= 11 is 3.54. The topological polar surface area (TPSA) is 30.5 Å². The van der Waals surface area contributed by atoms with Crippen LogP contribution >= 0.6 is 15.9 Å². The minimum atomic E-state index is 0.716. The molecule has 1 N–H and O–H groups in total. The Kier molecular flexibility index (Phi) is 6.55. The Hall–Kier alpha value is -0.580. The van der Waals surface area contributed by atoms with Gasteiger partial charge in [0.15, 0.2) is 0 Å². The van der Waals surface area contributed by atoms with E-state index in [1.54, 1.807) is 7.11 Å². The summed E-state index contributed by atoms with van der Waals surface area (Å²) in [5, 5.41) is 3.05. The van der Waals surface area contributed by atoms with E-state index in [1.165, 1.54) is 11.1 Å². The van der Waals surface area contributed by atoms with Crippen molar-refractivity contribution < 1.29 is 9.47 Å². The van der Waals surface area contributed by atoms with Crippen LogP contribution in [0.4, 0.5) is 0 Å². The highest BCUT2D eigenvalue weighted by atomic mass is 79.9. The minimum absolute atomic E-state index is 0.716. The lowest BCUT2D eigenvalue weighted by Gasteiger charge is -2.11. The van der Waals surface area contributed by atoms with Gasteiger partial charge in [0, 0.05) is 11.0 Å². The van der Waals surface area contributed by atoms with Gasteiger partial charge in [-0.15, -0.1) is 0 Å². The van der Waals surface area contributed by atoms with Crippen LogP contribution in [0.15, 0.2) is 16.6 Å². The molecule has 0 aliphatic rings. The van der Waals surface area contributed by atoms with E-state index in [2.05, 4.69) is 34.2 Å². The number of rotatable bonds is 7. The Morgan fingerprint density at radius 1 is 1.29 bits per heavy atom. The number of hydrogen-bond donors (Lipinski definition) is 1. The molecule has 0 fully saturated rings. The lowest BCUT2D eigenvalue weighted by Crippen LogP contribution is -2.15. The molecule has 1 aromatic carbocycles. The lowest BCUT2D eigenvalue weighted by molar-refractivity contribution is 0.140. The molecular weight excluding hydrogens is 282 g/mol. The molecule has 4 heteroatoms. The number of ether oxygens (including phenoxy) is 2. The van der Waals surface area contributed by atoms with Crippen LogP contribution in [0.2, 0.25) is 0 Å². The number of nitrogens with one attached hydrogen (secondary N) is 1. The molecule has 3 nitrogen and oxygen atoms in total. The largest absolute Gasteiger partial charge is 0.496 e. The van der Waals surface area contributed by atoms with E-state index in [4.69, 9.17) is 9.47 Å². The zero-order valence-electron chi connectivity index (χ0n) is 10.7. The fraction of sp³-hybridized carbons (Fsp3) is 0.538. The molecule has 1 aromatic rings. The summed E-state index contributed by atoms with van der Waals surface area (Å²) in [5.41, 5.74) is 2.36. The van der Waals surface area contributed by atoms with Crippen LogP contribution < -0.4 is 10.1 Å². The Balaban J connectivity index is 2.54. The molecule has 0 heterocycles. The number of likely N-dealkylation sites (N-methyl/N-ethyl adjacent to an activating group) is 1.